The molecule has 122 valence electrons. The zero-order valence-electron chi connectivity index (χ0n) is 14.6. The van der Waals surface area contributed by atoms with Gasteiger partial charge in [-0.05, 0) is 58.7 Å². The fourth-order valence-electron chi connectivity index (χ4n) is 2.18. The van der Waals surface area contributed by atoms with Crippen LogP contribution in [0.3, 0.4) is 0 Å². The number of carbonyl (C=O) groups excluding carboxylic acids is 1. The van der Waals surface area contributed by atoms with Crippen LogP contribution in [-0.2, 0) is 0 Å². The van der Waals surface area contributed by atoms with E-state index in [4.69, 9.17) is 0 Å². The Morgan fingerprint density at radius 2 is 1.78 bits per heavy atom. The number of benzene rings is 1. The zero-order valence-corrected chi connectivity index (χ0v) is 14.6. The van der Waals surface area contributed by atoms with Crippen LogP contribution in [0.25, 0.3) is 0 Å². The summed E-state index contributed by atoms with van der Waals surface area (Å²) in [5.41, 5.74) is 3.39. The molecule has 0 aliphatic heterocycles. The number of amides is 1. The lowest BCUT2D eigenvalue weighted by Gasteiger charge is -2.20. The van der Waals surface area contributed by atoms with Crippen LogP contribution >= 0.6 is 0 Å². The molecule has 0 unspecified atom stereocenters. The summed E-state index contributed by atoms with van der Waals surface area (Å²) < 4.78 is 0. The molecule has 0 aliphatic carbocycles. The summed E-state index contributed by atoms with van der Waals surface area (Å²) >= 11 is 0. The highest BCUT2D eigenvalue weighted by Gasteiger charge is 2.17. The number of nitrogens with zero attached hydrogens (tertiary/aromatic N) is 2. The van der Waals surface area contributed by atoms with Crippen molar-refractivity contribution in [2.45, 2.75) is 47.1 Å². The van der Waals surface area contributed by atoms with Gasteiger partial charge in [0.05, 0.1) is 0 Å². The maximum Gasteiger partial charge on any atom is 0.270 e. The van der Waals surface area contributed by atoms with E-state index in [1.165, 1.54) is 5.56 Å². The molecule has 0 atom stereocenters. The minimum absolute atomic E-state index is 0.202. The monoisotopic (exact) mass is 312 g/mol. The van der Waals surface area contributed by atoms with Gasteiger partial charge in [0.2, 0.25) is 0 Å². The van der Waals surface area contributed by atoms with Gasteiger partial charge in [-0.15, -0.1) is 0 Å². The van der Waals surface area contributed by atoms with Crippen LogP contribution in [-0.4, -0.2) is 21.4 Å². The third-order valence-corrected chi connectivity index (χ3v) is 3.43. The first-order valence-corrected chi connectivity index (χ1v) is 7.67. The van der Waals surface area contributed by atoms with Crippen molar-refractivity contribution in [3.05, 3.63) is 46.9 Å². The smallest absolute Gasteiger partial charge is 0.270 e. The van der Waals surface area contributed by atoms with E-state index in [1.807, 2.05) is 32.9 Å². The van der Waals surface area contributed by atoms with Gasteiger partial charge in [0, 0.05) is 17.3 Å². The Morgan fingerprint density at radius 3 is 2.43 bits per heavy atom. The Bertz CT molecular complexity index is 732. The van der Waals surface area contributed by atoms with E-state index in [-0.39, 0.29) is 11.4 Å². The van der Waals surface area contributed by atoms with E-state index >= 15 is 0 Å². The number of aryl methyl sites for hydroxylation is 2. The molecule has 5 heteroatoms. The molecule has 0 bridgehead atoms. The van der Waals surface area contributed by atoms with E-state index in [1.54, 1.807) is 13.0 Å². The van der Waals surface area contributed by atoms with Crippen molar-refractivity contribution in [1.29, 1.82) is 0 Å². The van der Waals surface area contributed by atoms with Gasteiger partial charge in [0.15, 0.2) is 0 Å². The lowest BCUT2D eigenvalue weighted by atomic mass is 10.1. The lowest BCUT2D eigenvalue weighted by molar-refractivity contribution is 0.0914. The first kappa shape index (κ1) is 16.9. The van der Waals surface area contributed by atoms with Crippen LogP contribution in [0, 0.1) is 20.8 Å². The molecule has 5 nitrogen and oxygen atoms in total. The third kappa shape index (κ3) is 4.52. The van der Waals surface area contributed by atoms with E-state index in [0.29, 0.717) is 17.3 Å². The molecule has 1 aromatic carbocycles. The lowest BCUT2D eigenvalue weighted by Crippen LogP contribution is -2.41. The minimum Gasteiger partial charge on any atom is -0.346 e. The Kier molecular flexibility index (Phi) is 4.68. The number of nitrogens with one attached hydrogen (secondary N) is 2. The fraction of sp³-hybridized carbons (Fsp3) is 0.389. The van der Waals surface area contributed by atoms with Gasteiger partial charge >= 0.3 is 0 Å². The molecular formula is C18H24N4O. The van der Waals surface area contributed by atoms with Crippen molar-refractivity contribution < 1.29 is 4.79 Å². The highest BCUT2D eigenvalue weighted by Crippen LogP contribution is 2.22. The van der Waals surface area contributed by atoms with Gasteiger partial charge < -0.3 is 10.6 Å². The molecule has 1 amide bonds. The average Bonchev–Trinajstić information content (AvgIpc) is 2.41. The van der Waals surface area contributed by atoms with Gasteiger partial charge in [-0.1, -0.05) is 12.1 Å². The van der Waals surface area contributed by atoms with E-state index in [2.05, 4.69) is 40.5 Å². The molecule has 1 heterocycles. The van der Waals surface area contributed by atoms with Gasteiger partial charge in [0.25, 0.3) is 5.91 Å². The normalized spacial score (nSPS) is 11.2. The van der Waals surface area contributed by atoms with Gasteiger partial charge in [-0.2, -0.15) is 0 Å². The topological polar surface area (TPSA) is 66.9 Å². The zero-order chi connectivity index (χ0) is 17.2. The van der Waals surface area contributed by atoms with Gasteiger partial charge in [-0.3, -0.25) is 4.79 Å². The van der Waals surface area contributed by atoms with Crippen molar-refractivity contribution in [2.75, 3.05) is 5.32 Å². The van der Waals surface area contributed by atoms with Gasteiger partial charge in [0.1, 0.15) is 17.3 Å². The van der Waals surface area contributed by atoms with Crippen LogP contribution in [0.15, 0.2) is 24.3 Å². The molecule has 0 spiro atoms. The van der Waals surface area contributed by atoms with Crippen LogP contribution in [0.2, 0.25) is 0 Å². The quantitative estimate of drug-likeness (QED) is 0.907. The molecule has 0 saturated heterocycles. The summed E-state index contributed by atoms with van der Waals surface area (Å²) in [6.07, 6.45) is 0. The average molecular weight is 312 g/mol. The Hall–Kier alpha value is -2.43. The number of rotatable bonds is 3. The molecule has 2 rings (SSSR count). The molecule has 2 aromatic rings. The summed E-state index contributed by atoms with van der Waals surface area (Å²) in [4.78, 5) is 20.9. The summed E-state index contributed by atoms with van der Waals surface area (Å²) in [6, 6.07) is 7.73. The number of anilines is 2. The summed E-state index contributed by atoms with van der Waals surface area (Å²) in [7, 11) is 0. The van der Waals surface area contributed by atoms with Crippen LogP contribution in [0.1, 0.15) is 48.2 Å². The van der Waals surface area contributed by atoms with Crippen LogP contribution < -0.4 is 10.6 Å². The Labute approximate surface area is 137 Å². The minimum atomic E-state index is -0.309. The first-order chi connectivity index (χ1) is 10.7. The van der Waals surface area contributed by atoms with Crippen LogP contribution in [0.4, 0.5) is 11.5 Å². The molecule has 2 N–H and O–H groups in total. The largest absolute Gasteiger partial charge is 0.346 e. The maximum absolute atomic E-state index is 12.3. The second-order valence-electron chi connectivity index (χ2n) is 6.76. The summed E-state index contributed by atoms with van der Waals surface area (Å²) in [5.74, 6) is 0.969. The second kappa shape index (κ2) is 6.36. The predicted octanol–water partition coefficient (Wildman–Crippen LogP) is 3.67. The number of hydrogen-bond acceptors (Lipinski definition) is 4. The maximum atomic E-state index is 12.3. The number of carbonyl (C=O) groups is 1. The fourth-order valence-corrected chi connectivity index (χ4v) is 2.18. The van der Waals surface area contributed by atoms with E-state index in [9.17, 15) is 4.79 Å². The van der Waals surface area contributed by atoms with Crippen molar-refractivity contribution in [3.8, 4) is 0 Å². The van der Waals surface area contributed by atoms with Crippen molar-refractivity contribution >= 4 is 17.4 Å². The van der Waals surface area contributed by atoms with E-state index < -0.39 is 0 Å². The summed E-state index contributed by atoms with van der Waals surface area (Å²) in [6.45, 7) is 11.7. The molecule has 1 aromatic heterocycles. The molecule has 0 radical (unpaired) electrons. The highest BCUT2D eigenvalue weighted by molar-refractivity contribution is 5.93. The molecule has 0 saturated carbocycles. The predicted molar refractivity (Wildman–Crippen MR) is 93.2 cm³/mol. The molecular weight excluding hydrogens is 288 g/mol. The van der Waals surface area contributed by atoms with Gasteiger partial charge in [-0.25, -0.2) is 9.97 Å². The highest BCUT2D eigenvalue weighted by atomic mass is 16.2. The Balaban J connectivity index is 2.30. The number of hydrogen-bond donors (Lipinski definition) is 2. The summed E-state index contributed by atoms with van der Waals surface area (Å²) in [5, 5.41) is 6.20. The SMILES string of the molecule is Cc1nc(Nc2cccc(C)c2C)cc(C(=O)NC(C)(C)C)n1. The molecule has 0 fully saturated rings. The molecule has 23 heavy (non-hydrogen) atoms. The van der Waals surface area contributed by atoms with Crippen LogP contribution in [0.5, 0.6) is 0 Å². The molecule has 0 aliphatic rings. The van der Waals surface area contributed by atoms with Crippen molar-refractivity contribution in [1.82, 2.24) is 15.3 Å². The van der Waals surface area contributed by atoms with Crippen molar-refractivity contribution in [3.63, 3.8) is 0 Å². The third-order valence-electron chi connectivity index (χ3n) is 3.43. The van der Waals surface area contributed by atoms with Crippen molar-refractivity contribution in [2.24, 2.45) is 0 Å². The first-order valence-electron chi connectivity index (χ1n) is 7.67. The van der Waals surface area contributed by atoms with E-state index in [0.717, 1.165) is 11.3 Å². The standard InChI is InChI=1S/C18H24N4O/c1-11-8-7-9-14(12(11)2)21-16-10-15(19-13(3)20-16)17(23)22-18(4,5)6/h7-10H,1-6H3,(H,22,23)(H,19,20,21). The number of aromatic nitrogens is 2. The Morgan fingerprint density at radius 1 is 1.09 bits per heavy atom. The second-order valence-corrected chi connectivity index (χ2v) is 6.76.